The molecule has 0 aliphatic carbocycles. The standard InChI is InChI=1S/C21H29FN4O2S.HI/c1-16(2)26-29(27,28)15-19-6-4-18(5-7-19)14-25-21(23-3)24-13-12-17-8-10-20(22)11-9-17;/h4-11,16,26H,12-15H2,1-3H3,(H2,23,24,25);1H. The first-order valence-corrected chi connectivity index (χ1v) is 11.2. The Hall–Kier alpha value is -1.72. The molecule has 6 nitrogen and oxygen atoms in total. The average molecular weight is 548 g/mol. The minimum Gasteiger partial charge on any atom is -0.356 e. The first-order chi connectivity index (χ1) is 13.8. The number of hydrogen-bond acceptors (Lipinski definition) is 3. The Kier molecular flexibility index (Phi) is 11.3. The van der Waals surface area contributed by atoms with Crippen LogP contribution >= 0.6 is 24.0 Å². The van der Waals surface area contributed by atoms with Crippen LogP contribution in [-0.2, 0) is 28.7 Å². The summed E-state index contributed by atoms with van der Waals surface area (Å²) in [5, 5.41) is 6.44. The van der Waals surface area contributed by atoms with Crippen molar-refractivity contribution in [2.45, 2.75) is 38.6 Å². The van der Waals surface area contributed by atoms with Gasteiger partial charge in [0, 0.05) is 26.2 Å². The van der Waals surface area contributed by atoms with Crippen LogP contribution in [0.25, 0.3) is 0 Å². The van der Waals surface area contributed by atoms with E-state index in [1.807, 2.05) is 24.3 Å². The van der Waals surface area contributed by atoms with E-state index in [0.717, 1.165) is 23.1 Å². The number of guanidine groups is 1. The number of nitrogens with zero attached hydrogens (tertiary/aromatic N) is 1. The molecule has 0 unspecified atom stereocenters. The zero-order chi connectivity index (χ0) is 21.3. The third kappa shape index (κ3) is 9.86. The van der Waals surface area contributed by atoms with E-state index in [4.69, 9.17) is 0 Å². The van der Waals surface area contributed by atoms with Gasteiger partial charge in [-0.25, -0.2) is 17.5 Å². The van der Waals surface area contributed by atoms with Crippen molar-refractivity contribution in [3.8, 4) is 0 Å². The van der Waals surface area contributed by atoms with Crippen molar-refractivity contribution in [2.24, 2.45) is 4.99 Å². The first kappa shape index (κ1) is 26.3. The number of benzene rings is 2. The second kappa shape index (κ2) is 12.9. The predicted octanol–water partition coefficient (Wildman–Crippen LogP) is 3.18. The van der Waals surface area contributed by atoms with Gasteiger partial charge in [-0.15, -0.1) is 24.0 Å². The van der Waals surface area contributed by atoms with Crippen LogP contribution in [0.3, 0.4) is 0 Å². The lowest BCUT2D eigenvalue weighted by Gasteiger charge is -2.13. The summed E-state index contributed by atoms with van der Waals surface area (Å²) in [5.41, 5.74) is 2.81. The predicted molar refractivity (Wildman–Crippen MR) is 131 cm³/mol. The van der Waals surface area contributed by atoms with Gasteiger partial charge in [0.1, 0.15) is 5.82 Å². The van der Waals surface area contributed by atoms with Gasteiger partial charge in [0.2, 0.25) is 10.0 Å². The molecule has 0 saturated carbocycles. The second-order valence-corrected chi connectivity index (χ2v) is 8.83. The zero-order valence-corrected chi connectivity index (χ0v) is 20.6. The highest BCUT2D eigenvalue weighted by molar-refractivity contribution is 14.0. The molecular formula is C21H30FIN4O2S. The van der Waals surface area contributed by atoms with Crippen molar-refractivity contribution in [2.75, 3.05) is 13.6 Å². The van der Waals surface area contributed by atoms with Gasteiger partial charge in [-0.3, -0.25) is 4.99 Å². The summed E-state index contributed by atoms with van der Waals surface area (Å²) in [6.45, 7) is 4.83. The van der Waals surface area contributed by atoms with E-state index in [1.165, 1.54) is 12.1 Å². The lowest BCUT2D eigenvalue weighted by atomic mass is 10.1. The minimum atomic E-state index is -3.33. The summed E-state index contributed by atoms with van der Waals surface area (Å²) in [5.74, 6) is 0.393. The maximum absolute atomic E-state index is 12.9. The molecule has 2 aromatic carbocycles. The van der Waals surface area contributed by atoms with Crippen LogP contribution in [-0.4, -0.2) is 34.0 Å². The lowest BCUT2D eigenvalue weighted by molar-refractivity contribution is 0.569. The van der Waals surface area contributed by atoms with Crippen LogP contribution in [0.15, 0.2) is 53.5 Å². The SMILES string of the molecule is CN=C(NCCc1ccc(F)cc1)NCc1ccc(CS(=O)(=O)NC(C)C)cc1.I. The molecule has 0 fully saturated rings. The molecular weight excluding hydrogens is 518 g/mol. The number of rotatable bonds is 9. The Morgan fingerprint density at radius 1 is 0.967 bits per heavy atom. The summed E-state index contributed by atoms with van der Waals surface area (Å²) < 4.78 is 39.5. The minimum absolute atomic E-state index is 0. The number of sulfonamides is 1. The normalized spacial score (nSPS) is 11.8. The van der Waals surface area contributed by atoms with Crippen LogP contribution in [0.2, 0.25) is 0 Å². The largest absolute Gasteiger partial charge is 0.356 e. The molecule has 2 aromatic rings. The van der Waals surface area contributed by atoms with Gasteiger partial charge in [-0.1, -0.05) is 36.4 Å². The van der Waals surface area contributed by atoms with E-state index in [9.17, 15) is 12.8 Å². The monoisotopic (exact) mass is 548 g/mol. The van der Waals surface area contributed by atoms with Crippen molar-refractivity contribution >= 4 is 40.0 Å². The third-order valence-corrected chi connectivity index (χ3v) is 5.64. The van der Waals surface area contributed by atoms with Crippen molar-refractivity contribution < 1.29 is 12.8 Å². The van der Waals surface area contributed by atoms with E-state index in [-0.39, 0.29) is 41.6 Å². The first-order valence-electron chi connectivity index (χ1n) is 9.54. The fraction of sp³-hybridized carbons (Fsp3) is 0.381. The lowest BCUT2D eigenvalue weighted by Crippen LogP contribution is -2.37. The van der Waals surface area contributed by atoms with Gasteiger partial charge in [-0.2, -0.15) is 0 Å². The Morgan fingerprint density at radius 2 is 1.53 bits per heavy atom. The zero-order valence-electron chi connectivity index (χ0n) is 17.5. The molecule has 0 amide bonds. The molecule has 3 N–H and O–H groups in total. The highest BCUT2D eigenvalue weighted by atomic mass is 127. The molecule has 0 bridgehead atoms. The van der Waals surface area contributed by atoms with E-state index >= 15 is 0 Å². The van der Waals surface area contributed by atoms with E-state index in [2.05, 4.69) is 20.3 Å². The van der Waals surface area contributed by atoms with Crippen molar-refractivity contribution in [1.82, 2.24) is 15.4 Å². The molecule has 9 heteroatoms. The van der Waals surface area contributed by atoms with Gasteiger partial charge in [-0.05, 0) is 49.1 Å². The summed E-state index contributed by atoms with van der Waals surface area (Å²) >= 11 is 0. The van der Waals surface area contributed by atoms with Crippen molar-refractivity contribution in [3.05, 3.63) is 71.0 Å². The topological polar surface area (TPSA) is 82.6 Å². The molecule has 0 atom stereocenters. The molecule has 166 valence electrons. The van der Waals surface area contributed by atoms with E-state index < -0.39 is 10.0 Å². The average Bonchev–Trinajstić information content (AvgIpc) is 2.66. The molecule has 0 aliphatic heterocycles. The molecule has 0 aliphatic rings. The van der Waals surface area contributed by atoms with Crippen LogP contribution in [0.1, 0.15) is 30.5 Å². The summed E-state index contributed by atoms with van der Waals surface area (Å²) in [7, 11) is -1.63. The molecule has 0 heterocycles. The Labute approximate surface area is 195 Å². The van der Waals surface area contributed by atoms with Crippen molar-refractivity contribution in [3.63, 3.8) is 0 Å². The number of halogens is 2. The fourth-order valence-electron chi connectivity index (χ4n) is 2.76. The number of aliphatic imine (C=N–C) groups is 1. The van der Waals surface area contributed by atoms with Gasteiger partial charge < -0.3 is 10.6 Å². The Balaban J connectivity index is 0.00000450. The molecule has 0 spiro atoms. The van der Waals surface area contributed by atoms with Gasteiger partial charge in [0.25, 0.3) is 0 Å². The van der Waals surface area contributed by atoms with Gasteiger partial charge in [0.15, 0.2) is 5.96 Å². The third-order valence-electron chi connectivity index (χ3n) is 4.10. The van der Waals surface area contributed by atoms with E-state index in [1.54, 1.807) is 33.0 Å². The quantitative estimate of drug-likeness (QED) is 0.256. The fourth-order valence-corrected chi connectivity index (χ4v) is 4.19. The van der Waals surface area contributed by atoms with Crippen LogP contribution in [0, 0.1) is 5.82 Å². The molecule has 0 saturated heterocycles. The van der Waals surface area contributed by atoms with E-state index in [0.29, 0.717) is 19.0 Å². The molecule has 2 rings (SSSR count). The summed E-state index contributed by atoms with van der Waals surface area (Å²) in [6, 6.07) is 13.8. The molecule has 30 heavy (non-hydrogen) atoms. The van der Waals surface area contributed by atoms with Gasteiger partial charge in [0.05, 0.1) is 5.75 Å². The summed E-state index contributed by atoms with van der Waals surface area (Å²) in [4.78, 5) is 4.19. The number of nitrogens with one attached hydrogen (secondary N) is 3. The van der Waals surface area contributed by atoms with Crippen molar-refractivity contribution in [1.29, 1.82) is 0 Å². The van der Waals surface area contributed by atoms with Crippen LogP contribution in [0.5, 0.6) is 0 Å². The molecule has 0 radical (unpaired) electrons. The second-order valence-electron chi connectivity index (χ2n) is 7.08. The van der Waals surface area contributed by atoms with Crippen LogP contribution < -0.4 is 15.4 Å². The maximum Gasteiger partial charge on any atom is 0.216 e. The highest BCUT2D eigenvalue weighted by Gasteiger charge is 2.12. The smallest absolute Gasteiger partial charge is 0.216 e. The molecule has 0 aromatic heterocycles. The Morgan fingerprint density at radius 3 is 2.10 bits per heavy atom. The Bertz CT molecular complexity index is 902. The highest BCUT2D eigenvalue weighted by Crippen LogP contribution is 2.08. The number of hydrogen-bond donors (Lipinski definition) is 3. The summed E-state index contributed by atoms with van der Waals surface area (Å²) in [6.07, 6.45) is 0.758. The van der Waals surface area contributed by atoms with Crippen LogP contribution in [0.4, 0.5) is 4.39 Å². The van der Waals surface area contributed by atoms with Gasteiger partial charge >= 0.3 is 0 Å². The maximum atomic E-state index is 12.9.